The van der Waals surface area contributed by atoms with Crippen molar-refractivity contribution in [3.05, 3.63) is 30.3 Å². The molecule has 1 heterocycles. The zero-order chi connectivity index (χ0) is 13.7. The minimum Gasteiger partial charge on any atom is -0.376 e. The Morgan fingerprint density at radius 2 is 2.00 bits per heavy atom. The summed E-state index contributed by atoms with van der Waals surface area (Å²) in [5, 5.41) is 5.21. The van der Waals surface area contributed by atoms with Crippen LogP contribution in [0.4, 0.5) is 5.69 Å². The summed E-state index contributed by atoms with van der Waals surface area (Å²) in [5.74, 6) is -1.29. The molecule has 1 aliphatic heterocycles. The Balaban J connectivity index is 1.83. The standard InChI is InChI=1S/C14H18N2O3/c1-10(12-8-5-9-19-12)15-13(17)14(18)16-11-6-3-2-4-7-11/h2-4,6-7,10,12H,5,8-9H2,1H3,(H,15,17)(H,16,18). The lowest BCUT2D eigenvalue weighted by molar-refractivity contribution is -0.137. The van der Waals surface area contributed by atoms with Crippen molar-refractivity contribution in [3.63, 3.8) is 0 Å². The molecule has 0 bridgehead atoms. The van der Waals surface area contributed by atoms with Crippen LogP contribution in [0.15, 0.2) is 30.3 Å². The van der Waals surface area contributed by atoms with E-state index in [4.69, 9.17) is 4.74 Å². The molecule has 0 saturated carbocycles. The maximum absolute atomic E-state index is 11.7. The fraction of sp³-hybridized carbons (Fsp3) is 0.429. The summed E-state index contributed by atoms with van der Waals surface area (Å²) in [6.07, 6.45) is 1.93. The molecular formula is C14H18N2O3. The first-order valence-corrected chi connectivity index (χ1v) is 6.45. The first-order chi connectivity index (χ1) is 9.16. The predicted octanol–water partition coefficient (Wildman–Crippen LogP) is 1.31. The van der Waals surface area contributed by atoms with E-state index < -0.39 is 11.8 Å². The second-order valence-corrected chi connectivity index (χ2v) is 4.63. The van der Waals surface area contributed by atoms with E-state index in [2.05, 4.69) is 10.6 Å². The van der Waals surface area contributed by atoms with E-state index in [-0.39, 0.29) is 12.1 Å². The summed E-state index contributed by atoms with van der Waals surface area (Å²) in [5.41, 5.74) is 0.604. The molecule has 2 N–H and O–H groups in total. The van der Waals surface area contributed by atoms with Crippen LogP contribution >= 0.6 is 0 Å². The van der Waals surface area contributed by atoms with Gasteiger partial charge in [-0.1, -0.05) is 18.2 Å². The highest BCUT2D eigenvalue weighted by Gasteiger charge is 2.25. The van der Waals surface area contributed by atoms with Crippen molar-refractivity contribution in [2.75, 3.05) is 11.9 Å². The van der Waals surface area contributed by atoms with Crippen molar-refractivity contribution < 1.29 is 14.3 Å². The summed E-state index contributed by atoms with van der Waals surface area (Å²) in [4.78, 5) is 23.4. The van der Waals surface area contributed by atoms with Crippen molar-refractivity contribution in [2.24, 2.45) is 0 Å². The quantitative estimate of drug-likeness (QED) is 0.807. The number of hydrogen-bond acceptors (Lipinski definition) is 3. The fourth-order valence-corrected chi connectivity index (χ4v) is 2.07. The molecule has 1 aromatic rings. The highest BCUT2D eigenvalue weighted by molar-refractivity contribution is 6.39. The molecule has 102 valence electrons. The lowest BCUT2D eigenvalue weighted by atomic mass is 10.1. The van der Waals surface area contributed by atoms with Crippen LogP contribution in [-0.2, 0) is 14.3 Å². The van der Waals surface area contributed by atoms with Gasteiger partial charge in [-0.15, -0.1) is 0 Å². The third-order valence-corrected chi connectivity index (χ3v) is 3.12. The molecule has 2 amide bonds. The van der Waals surface area contributed by atoms with Crippen LogP contribution in [0.2, 0.25) is 0 Å². The van der Waals surface area contributed by atoms with Gasteiger partial charge in [0.1, 0.15) is 0 Å². The van der Waals surface area contributed by atoms with Crippen LogP contribution in [0, 0.1) is 0 Å². The summed E-state index contributed by atoms with van der Waals surface area (Å²) in [6, 6.07) is 8.74. The molecule has 2 rings (SSSR count). The molecule has 0 radical (unpaired) electrons. The minimum atomic E-state index is -0.656. The second kappa shape index (κ2) is 6.33. The van der Waals surface area contributed by atoms with Crippen molar-refractivity contribution >= 4 is 17.5 Å². The zero-order valence-electron chi connectivity index (χ0n) is 10.9. The van der Waals surface area contributed by atoms with Crippen LogP contribution in [0.25, 0.3) is 0 Å². The Labute approximate surface area is 112 Å². The fourth-order valence-electron chi connectivity index (χ4n) is 2.07. The van der Waals surface area contributed by atoms with Gasteiger partial charge >= 0.3 is 11.8 Å². The summed E-state index contributed by atoms with van der Waals surface area (Å²) >= 11 is 0. The molecule has 0 aromatic heterocycles. The monoisotopic (exact) mass is 262 g/mol. The zero-order valence-corrected chi connectivity index (χ0v) is 10.9. The Morgan fingerprint density at radius 3 is 2.63 bits per heavy atom. The largest absolute Gasteiger partial charge is 0.376 e. The molecule has 0 aliphatic carbocycles. The van der Waals surface area contributed by atoms with E-state index in [0.717, 1.165) is 19.4 Å². The number of hydrogen-bond donors (Lipinski definition) is 2. The van der Waals surface area contributed by atoms with Gasteiger partial charge < -0.3 is 15.4 Å². The van der Waals surface area contributed by atoms with Crippen LogP contribution in [0.3, 0.4) is 0 Å². The van der Waals surface area contributed by atoms with Gasteiger partial charge in [0.2, 0.25) is 0 Å². The van der Waals surface area contributed by atoms with E-state index in [0.29, 0.717) is 5.69 Å². The van der Waals surface area contributed by atoms with E-state index in [9.17, 15) is 9.59 Å². The lowest BCUT2D eigenvalue weighted by Gasteiger charge is -2.19. The van der Waals surface area contributed by atoms with Gasteiger partial charge in [0.05, 0.1) is 12.1 Å². The Bertz CT molecular complexity index is 441. The molecule has 5 heteroatoms. The van der Waals surface area contributed by atoms with Gasteiger partial charge in [-0.05, 0) is 31.9 Å². The predicted molar refractivity (Wildman–Crippen MR) is 71.7 cm³/mol. The van der Waals surface area contributed by atoms with Crippen molar-refractivity contribution in [1.29, 1.82) is 0 Å². The molecule has 1 aromatic carbocycles. The van der Waals surface area contributed by atoms with E-state index >= 15 is 0 Å². The van der Waals surface area contributed by atoms with Crippen molar-refractivity contribution in [1.82, 2.24) is 5.32 Å². The van der Waals surface area contributed by atoms with Gasteiger partial charge in [-0.25, -0.2) is 0 Å². The summed E-state index contributed by atoms with van der Waals surface area (Å²) in [7, 11) is 0. The maximum Gasteiger partial charge on any atom is 0.313 e. The molecule has 2 unspecified atom stereocenters. The number of carbonyl (C=O) groups excluding carboxylic acids is 2. The van der Waals surface area contributed by atoms with E-state index in [1.165, 1.54) is 0 Å². The highest BCUT2D eigenvalue weighted by Crippen LogP contribution is 2.15. The smallest absolute Gasteiger partial charge is 0.313 e. The maximum atomic E-state index is 11.7. The van der Waals surface area contributed by atoms with Crippen molar-refractivity contribution in [3.8, 4) is 0 Å². The number of para-hydroxylation sites is 1. The second-order valence-electron chi connectivity index (χ2n) is 4.63. The normalized spacial score (nSPS) is 19.7. The SMILES string of the molecule is CC(NC(=O)C(=O)Nc1ccccc1)C1CCCO1. The van der Waals surface area contributed by atoms with Gasteiger partial charge in [0, 0.05) is 12.3 Å². The van der Waals surface area contributed by atoms with Gasteiger partial charge in [-0.3, -0.25) is 9.59 Å². The first kappa shape index (κ1) is 13.5. The van der Waals surface area contributed by atoms with Gasteiger partial charge in [0.25, 0.3) is 0 Å². The molecule has 1 saturated heterocycles. The van der Waals surface area contributed by atoms with Crippen LogP contribution in [-0.4, -0.2) is 30.6 Å². The summed E-state index contributed by atoms with van der Waals surface area (Å²) < 4.78 is 5.47. The number of anilines is 1. The van der Waals surface area contributed by atoms with E-state index in [1.54, 1.807) is 24.3 Å². The average Bonchev–Trinajstić information content (AvgIpc) is 2.93. The first-order valence-electron chi connectivity index (χ1n) is 6.45. The average molecular weight is 262 g/mol. The third-order valence-electron chi connectivity index (χ3n) is 3.12. The van der Waals surface area contributed by atoms with Gasteiger partial charge in [-0.2, -0.15) is 0 Å². The van der Waals surface area contributed by atoms with Crippen LogP contribution < -0.4 is 10.6 Å². The Hall–Kier alpha value is -1.88. The number of nitrogens with one attached hydrogen (secondary N) is 2. The number of benzene rings is 1. The highest BCUT2D eigenvalue weighted by atomic mass is 16.5. The van der Waals surface area contributed by atoms with E-state index in [1.807, 2.05) is 13.0 Å². The molecule has 2 atom stereocenters. The molecule has 1 fully saturated rings. The Kier molecular flexibility index (Phi) is 4.52. The van der Waals surface area contributed by atoms with Gasteiger partial charge in [0.15, 0.2) is 0 Å². The van der Waals surface area contributed by atoms with Crippen molar-refractivity contribution in [2.45, 2.75) is 31.9 Å². The minimum absolute atomic E-state index is 0.00785. The third kappa shape index (κ3) is 3.79. The Morgan fingerprint density at radius 1 is 1.26 bits per heavy atom. The molecule has 19 heavy (non-hydrogen) atoms. The van der Waals surface area contributed by atoms with Crippen LogP contribution in [0.5, 0.6) is 0 Å². The molecule has 5 nitrogen and oxygen atoms in total. The number of amides is 2. The number of ether oxygens (including phenoxy) is 1. The number of carbonyl (C=O) groups is 2. The topological polar surface area (TPSA) is 67.4 Å². The molecule has 0 spiro atoms. The number of rotatable bonds is 3. The lowest BCUT2D eigenvalue weighted by Crippen LogP contribution is -2.45. The summed E-state index contributed by atoms with van der Waals surface area (Å²) in [6.45, 7) is 2.57. The van der Waals surface area contributed by atoms with Crippen LogP contribution in [0.1, 0.15) is 19.8 Å². The molecular weight excluding hydrogens is 244 g/mol. The molecule has 1 aliphatic rings.